The molecule has 0 atom stereocenters. The number of hydrogen-bond acceptors (Lipinski definition) is 3. The van der Waals surface area contributed by atoms with Crippen LogP contribution in [-0.2, 0) is 11.3 Å². The number of likely N-dealkylation sites (tertiary alicyclic amines) is 1. The summed E-state index contributed by atoms with van der Waals surface area (Å²) in [7, 11) is 0. The monoisotopic (exact) mass is 405 g/mol. The van der Waals surface area contributed by atoms with Crippen LogP contribution in [0, 0.1) is 0 Å². The number of carbonyl (C=O) groups is 3. The van der Waals surface area contributed by atoms with Gasteiger partial charge in [0.2, 0.25) is 5.91 Å². The third kappa shape index (κ3) is 4.78. The number of nitrogens with zero attached hydrogens (tertiary/aromatic N) is 1. The highest BCUT2D eigenvalue weighted by molar-refractivity contribution is 6.35. The zero-order valence-electron chi connectivity index (χ0n) is 14.3. The van der Waals surface area contributed by atoms with E-state index in [2.05, 4.69) is 10.9 Å². The normalized spacial score (nSPS) is 13.6. The van der Waals surface area contributed by atoms with Gasteiger partial charge in [0.15, 0.2) is 0 Å². The molecule has 2 N–H and O–H groups in total. The SMILES string of the molecule is O=C(NNC(=O)c1cc(Cl)ccc1Cl)c1cccc(CN2CCCC2=O)c1. The fourth-order valence-corrected chi connectivity index (χ4v) is 3.20. The lowest BCUT2D eigenvalue weighted by atomic mass is 10.1. The van der Waals surface area contributed by atoms with Gasteiger partial charge in [0.05, 0.1) is 10.6 Å². The van der Waals surface area contributed by atoms with E-state index >= 15 is 0 Å². The highest BCUT2D eigenvalue weighted by atomic mass is 35.5. The van der Waals surface area contributed by atoms with Crippen molar-refractivity contribution in [3.05, 3.63) is 69.2 Å². The smallest absolute Gasteiger partial charge is 0.271 e. The second-order valence-electron chi connectivity index (χ2n) is 6.15. The topological polar surface area (TPSA) is 78.5 Å². The van der Waals surface area contributed by atoms with E-state index in [1.165, 1.54) is 12.1 Å². The molecule has 140 valence electrons. The van der Waals surface area contributed by atoms with Crippen molar-refractivity contribution in [1.29, 1.82) is 0 Å². The molecule has 1 saturated heterocycles. The minimum Gasteiger partial charge on any atom is -0.338 e. The molecule has 0 aliphatic carbocycles. The van der Waals surface area contributed by atoms with Crippen molar-refractivity contribution >= 4 is 40.9 Å². The van der Waals surface area contributed by atoms with Crippen LogP contribution in [0.15, 0.2) is 42.5 Å². The Morgan fingerprint density at radius 1 is 1.04 bits per heavy atom. The first kappa shape index (κ1) is 19.2. The summed E-state index contributed by atoms with van der Waals surface area (Å²) in [5, 5.41) is 0.587. The molecule has 1 heterocycles. The summed E-state index contributed by atoms with van der Waals surface area (Å²) in [6.07, 6.45) is 1.43. The third-order valence-corrected chi connectivity index (χ3v) is 4.76. The summed E-state index contributed by atoms with van der Waals surface area (Å²) < 4.78 is 0. The van der Waals surface area contributed by atoms with Crippen molar-refractivity contribution in [2.45, 2.75) is 19.4 Å². The molecule has 2 aromatic rings. The van der Waals surface area contributed by atoms with Crippen LogP contribution < -0.4 is 10.9 Å². The summed E-state index contributed by atoms with van der Waals surface area (Å²) in [6.45, 7) is 1.19. The van der Waals surface area contributed by atoms with E-state index in [1.54, 1.807) is 29.2 Å². The van der Waals surface area contributed by atoms with Crippen LogP contribution >= 0.6 is 23.2 Å². The molecule has 1 aliphatic rings. The molecule has 8 heteroatoms. The number of rotatable bonds is 4. The quantitative estimate of drug-likeness (QED) is 0.766. The Kier molecular flexibility index (Phi) is 5.98. The average Bonchev–Trinajstić information content (AvgIpc) is 3.06. The van der Waals surface area contributed by atoms with Gasteiger partial charge in [-0.1, -0.05) is 35.3 Å². The number of benzene rings is 2. The number of hydrazine groups is 1. The molecular weight excluding hydrogens is 389 g/mol. The Bertz CT molecular complexity index is 902. The molecule has 0 saturated carbocycles. The van der Waals surface area contributed by atoms with E-state index < -0.39 is 11.8 Å². The molecule has 1 aliphatic heterocycles. The average molecular weight is 406 g/mol. The van der Waals surface area contributed by atoms with Gasteiger partial charge in [-0.25, -0.2) is 0 Å². The Morgan fingerprint density at radius 2 is 1.81 bits per heavy atom. The van der Waals surface area contributed by atoms with Gasteiger partial charge in [-0.15, -0.1) is 0 Å². The Hall–Kier alpha value is -2.57. The standard InChI is InChI=1S/C19H17Cl2N3O3/c20-14-6-7-16(21)15(10-14)19(27)23-22-18(26)13-4-1-3-12(9-13)11-24-8-2-5-17(24)25/h1,3-4,6-7,9-10H,2,5,8,11H2,(H,22,26)(H,23,27). The lowest BCUT2D eigenvalue weighted by Crippen LogP contribution is -2.41. The maximum atomic E-state index is 12.3. The summed E-state index contributed by atoms with van der Waals surface area (Å²) in [6, 6.07) is 11.4. The van der Waals surface area contributed by atoms with Crippen LogP contribution in [0.5, 0.6) is 0 Å². The number of carbonyl (C=O) groups excluding carboxylic acids is 3. The van der Waals surface area contributed by atoms with E-state index in [-0.39, 0.29) is 16.5 Å². The maximum Gasteiger partial charge on any atom is 0.271 e. The Labute approximate surface area is 166 Å². The molecule has 0 radical (unpaired) electrons. The van der Waals surface area contributed by atoms with Crippen molar-refractivity contribution in [3.8, 4) is 0 Å². The van der Waals surface area contributed by atoms with Gasteiger partial charge in [-0.05, 0) is 42.3 Å². The highest BCUT2D eigenvalue weighted by Gasteiger charge is 2.20. The number of amides is 3. The van der Waals surface area contributed by atoms with Crippen molar-refractivity contribution in [3.63, 3.8) is 0 Å². The van der Waals surface area contributed by atoms with Crippen molar-refractivity contribution in [2.75, 3.05) is 6.54 Å². The van der Waals surface area contributed by atoms with E-state index in [0.717, 1.165) is 18.5 Å². The number of halogens is 2. The summed E-state index contributed by atoms with van der Waals surface area (Å²) in [5.74, 6) is -0.929. The van der Waals surface area contributed by atoms with Crippen LogP contribution in [0.1, 0.15) is 39.1 Å². The van der Waals surface area contributed by atoms with Gasteiger partial charge in [0, 0.05) is 30.1 Å². The zero-order chi connectivity index (χ0) is 19.4. The van der Waals surface area contributed by atoms with E-state index in [9.17, 15) is 14.4 Å². The molecule has 1 fully saturated rings. The fourth-order valence-electron chi connectivity index (χ4n) is 2.83. The van der Waals surface area contributed by atoms with Crippen molar-refractivity contribution < 1.29 is 14.4 Å². The second kappa shape index (κ2) is 8.41. The maximum absolute atomic E-state index is 12.3. The summed E-state index contributed by atoms with van der Waals surface area (Å²) >= 11 is 11.8. The fraction of sp³-hybridized carbons (Fsp3) is 0.211. The largest absolute Gasteiger partial charge is 0.338 e. The first-order chi connectivity index (χ1) is 12.9. The lowest BCUT2D eigenvalue weighted by molar-refractivity contribution is -0.128. The van der Waals surface area contributed by atoms with Crippen LogP contribution in [0.3, 0.4) is 0 Å². The van der Waals surface area contributed by atoms with Gasteiger partial charge in [0.25, 0.3) is 11.8 Å². The van der Waals surface area contributed by atoms with E-state index in [1.807, 2.05) is 6.07 Å². The van der Waals surface area contributed by atoms with Gasteiger partial charge < -0.3 is 4.90 Å². The molecule has 27 heavy (non-hydrogen) atoms. The molecule has 0 spiro atoms. The van der Waals surface area contributed by atoms with Crippen LogP contribution in [0.2, 0.25) is 10.0 Å². The molecule has 0 aromatic heterocycles. The molecule has 0 unspecified atom stereocenters. The first-order valence-electron chi connectivity index (χ1n) is 8.36. The van der Waals surface area contributed by atoms with E-state index in [4.69, 9.17) is 23.2 Å². The van der Waals surface area contributed by atoms with Gasteiger partial charge in [0.1, 0.15) is 0 Å². The molecular formula is C19H17Cl2N3O3. The highest BCUT2D eigenvalue weighted by Crippen LogP contribution is 2.20. The molecule has 3 amide bonds. The van der Waals surface area contributed by atoms with Gasteiger partial charge in [-0.2, -0.15) is 0 Å². The summed E-state index contributed by atoms with van der Waals surface area (Å²) in [5.41, 5.74) is 6.05. The van der Waals surface area contributed by atoms with Gasteiger partial charge in [-0.3, -0.25) is 25.2 Å². The molecule has 2 aromatic carbocycles. The predicted molar refractivity (Wildman–Crippen MR) is 102 cm³/mol. The molecule has 3 rings (SSSR count). The van der Waals surface area contributed by atoms with E-state index in [0.29, 0.717) is 23.6 Å². The second-order valence-corrected chi connectivity index (χ2v) is 7.00. The zero-order valence-corrected chi connectivity index (χ0v) is 15.8. The Morgan fingerprint density at radius 3 is 2.56 bits per heavy atom. The first-order valence-corrected chi connectivity index (χ1v) is 9.12. The third-order valence-electron chi connectivity index (χ3n) is 4.20. The lowest BCUT2D eigenvalue weighted by Gasteiger charge is -2.16. The summed E-state index contributed by atoms with van der Waals surface area (Å²) in [4.78, 5) is 38.0. The number of hydrogen-bond donors (Lipinski definition) is 2. The number of nitrogens with one attached hydrogen (secondary N) is 2. The molecule has 0 bridgehead atoms. The van der Waals surface area contributed by atoms with Crippen LogP contribution in [-0.4, -0.2) is 29.2 Å². The Balaban J connectivity index is 1.62. The van der Waals surface area contributed by atoms with Crippen LogP contribution in [0.4, 0.5) is 0 Å². The minimum atomic E-state index is -0.574. The van der Waals surface area contributed by atoms with Crippen molar-refractivity contribution in [1.82, 2.24) is 15.8 Å². The van der Waals surface area contributed by atoms with Crippen molar-refractivity contribution in [2.24, 2.45) is 0 Å². The molecule has 6 nitrogen and oxygen atoms in total. The minimum absolute atomic E-state index is 0.121. The van der Waals surface area contributed by atoms with Gasteiger partial charge >= 0.3 is 0 Å². The van der Waals surface area contributed by atoms with Crippen LogP contribution in [0.25, 0.3) is 0 Å². The predicted octanol–water partition coefficient (Wildman–Crippen LogP) is 3.19.